The summed E-state index contributed by atoms with van der Waals surface area (Å²) in [4.78, 5) is 39.3. The van der Waals surface area contributed by atoms with Gasteiger partial charge in [-0.25, -0.2) is 18.2 Å². The van der Waals surface area contributed by atoms with Crippen molar-refractivity contribution in [3.63, 3.8) is 0 Å². The predicted octanol–water partition coefficient (Wildman–Crippen LogP) is 8.12. The van der Waals surface area contributed by atoms with Crippen molar-refractivity contribution in [2.45, 2.75) is 84.3 Å². The number of amides is 2. The number of hydrogen-bond acceptors (Lipinski definition) is 10. The van der Waals surface area contributed by atoms with E-state index in [4.69, 9.17) is 4.43 Å². The molecule has 0 atom stereocenters. The minimum atomic E-state index is -3.90. The number of hydrogen-bond donors (Lipinski definition) is 3. The molecule has 372 valence electrons. The minimum Gasteiger partial charge on any atom is -0.541 e. The largest absolute Gasteiger partial charge is 0.541 e. The predicted molar refractivity (Wildman–Crippen MR) is 270 cm³/mol. The first-order chi connectivity index (χ1) is 33.0. The molecule has 0 radical (unpaired) electrons. The van der Waals surface area contributed by atoms with E-state index in [1.807, 2.05) is 6.07 Å². The number of rotatable bonds is 15. The van der Waals surface area contributed by atoms with E-state index in [0.29, 0.717) is 50.0 Å². The first-order valence-corrected chi connectivity index (χ1v) is 27.7. The van der Waals surface area contributed by atoms with Gasteiger partial charge in [0.1, 0.15) is 28.4 Å². The van der Waals surface area contributed by atoms with Crippen molar-refractivity contribution in [3.8, 4) is 11.5 Å². The van der Waals surface area contributed by atoms with Crippen LogP contribution >= 0.6 is 0 Å². The van der Waals surface area contributed by atoms with Crippen molar-refractivity contribution in [3.05, 3.63) is 130 Å². The van der Waals surface area contributed by atoms with Gasteiger partial charge in [-0.05, 0) is 76.3 Å². The average Bonchev–Trinajstić information content (AvgIpc) is 3.83. The summed E-state index contributed by atoms with van der Waals surface area (Å²) in [7, 11) is -4.83. The molecule has 0 saturated carbocycles. The number of aromatic nitrogens is 2. The molecule has 0 bridgehead atoms. The van der Waals surface area contributed by atoms with Crippen LogP contribution < -0.4 is 22.5 Å². The highest BCUT2D eigenvalue weighted by molar-refractivity contribution is 7.91. The van der Waals surface area contributed by atoms with E-state index in [0.717, 1.165) is 9.87 Å². The van der Waals surface area contributed by atoms with E-state index in [9.17, 15) is 40.3 Å². The zero-order chi connectivity index (χ0) is 51.2. The van der Waals surface area contributed by atoms with Crippen LogP contribution in [0.3, 0.4) is 0 Å². The van der Waals surface area contributed by atoms with Crippen LogP contribution in [0.5, 0.6) is 11.5 Å². The number of benzene rings is 4. The second-order valence-electron chi connectivity index (χ2n) is 18.2. The Morgan fingerprint density at radius 1 is 0.657 bits per heavy atom. The standard InChI is InChI=1S/C29H39FN4O4SSi.C20H19FN4O4S/c1-18(2)40(19(3)4,20(5)6)38-28-25-24(17-34(29(25)35)16-21-11-13-22(30)14-12-21)27(33(8)39(36,37)31-7)23-10-9-15-32-26(23)28;1-22-30(28,29)24(2)18-14-4-3-9-23-17(14)19(26)16-15(18)11-25(20(16)27)10-12-5-7-13(21)8-6-12/h9-15,18-20,31H,16-17H2,1-8H3;3-9,22,26H,10-11H2,1-2H3. The first kappa shape index (κ1) is 51.6. The van der Waals surface area contributed by atoms with Crippen molar-refractivity contribution in [2.24, 2.45) is 0 Å². The van der Waals surface area contributed by atoms with Gasteiger partial charge in [-0.2, -0.15) is 16.8 Å². The van der Waals surface area contributed by atoms with Gasteiger partial charge in [0.05, 0.1) is 22.5 Å². The zero-order valence-electron chi connectivity index (χ0n) is 40.7. The van der Waals surface area contributed by atoms with Crippen LogP contribution in [0.4, 0.5) is 20.2 Å². The summed E-state index contributed by atoms with van der Waals surface area (Å²) < 4.78 is 91.9. The summed E-state index contributed by atoms with van der Waals surface area (Å²) in [5.74, 6) is -1.31. The monoisotopic (exact) mass is 1020 g/mol. The molecular weight excluding hydrogens is 959 g/mol. The number of anilines is 2. The van der Waals surface area contributed by atoms with Gasteiger partial charge < -0.3 is 19.3 Å². The summed E-state index contributed by atoms with van der Waals surface area (Å²) in [6.07, 6.45) is 3.09. The van der Waals surface area contributed by atoms with Gasteiger partial charge in [-0.1, -0.05) is 65.8 Å². The number of aromatic hydroxyl groups is 1. The van der Waals surface area contributed by atoms with Gasteiger partial charge in [0.15, 0.2) is 5.75 Å². The third kappa shape index (κ3) is 9.27. The van der Waals surface area contributed by atoms with E-state index in [1.54, 1.807) is 53.6 Å². The lowest BCUT2D eigenvalue weighted by molar-refractivity contribution is 0.0757. The van der Waals surface area contributed by atoms with Gasteiger partial charge in [0.25, 0.3) is 20.1 Å². The molecule has 0 unspecified atom stereocenters. The molecule has 0 aliphatic carbocycles. The van der Waals surface area contributed by atoms with E-state index in [-0.39, 0.29) is 82.9 Å². The third-order valence-electron chi connectivity index (χ3n) is 13.3. The molecule has 0 spiro atoms. The number of nitrogens with one attached hydrogen (secondary N) is 2. The number of phenolic OH excluding ortho intramolecular Hbond substituents is 1. The molecular formula is C49H58F2N8O8S2Si. The fraction of sp³-hybridized carbons (Fsp3) is 0.347. The molecule has 2 aliphatic heterocycles. The summed E-state index contributed by atoms with van der Waals surface area (Å²) in [6.45, 7) is 13.7. The van der Waals surface area contributed by atoms with Gasteiger partial charge in [0, 0.05) is 88.7 Å². The smallest absolute Gasteiger partial charge is 0.301 e. The second-order valence-corrected chi connectivity index (χ2v) is 27.4. The summed E-state index contributed by atoms with van der Waals surface area (Å²) >= 11 is 0. The Morgan fingerprint density at radius 3 is 1.46 bits per heavy atom. The number of fused-ring (bicyclic) bond motifs is 4. The summed E-state index contributed by atoms with van der Waals surface area (Å²) in [5.41, 5.74) is 4.78. The third-order valence-corrected chi connectivity index (χ3v) is 22.1. The number of pyridine rings is 2. The molecule has 0 fully saturated rings. The maximum absolute atomic E-state index is 14.2. The molecule has 2 amide bonds. The molecule has 4 heterocycles. The molecule has 8 rings (SSSR count). The Labute approximate surface area is 408 Å². The second kappa shape index (κ2) is 19.9. The number of halogens is 2. The lowest BCUT2D eigenvalue weighted by Crippen LogP contribution is -2.51. The average molecular weight is 1020 g/mol. The fourth-order valence-corrected chi connectivity index (χ4v) is 16.7. The van der Waals surface area contributed by atoms with Crippen molar-refractivity contribution in [1.29, 1.82) is 0 Å². The van der Waals surface area contributed by atoms with Crippen LogP contribution in [0, 0.1) is 11.6 Å². The lowest BCUT2D eigenvalue weighted by atomic mass is 10.0. The Bertz CT molecular complexity index is 3200. The molecule has 16 nitrogen and oxygen atoms in total. The molecule has 3 N–H and O–H groups in total. The summed E-state index contributed by atoms with van der Waals surface area (Å²) in [5, 5.41) is 11.8. The lowest BCUT2D eigenvalue weighted by Gasteiger charge is -2.42. The van der Waals surface area contributed by atoms with Crippen molar-refractivity contribution in [2.75, 3.05) is 36.8 Å². The first-order valence-electron chi connectivity index (χ1n) is 22.7. The highest BCUT2D eigenvalue weighted by Crippen LogP contribution is 2.50. The van der Waals surface area contributed by atoms with Crippen molar-refractivity contribution >= 4 is 73.7 Å². The quantitative estimate of drug-likeness (QED) is 0.0846. The Hall–Kier alpha value is -6.26. The molecule has 4 aromatic carbocycles. The molecule has 21 heteroatoms. The molecule has 2 aromatic heterocycles. The minimum absolute atomic E-state index is 0.0245. The molecule has 70 heavy (non-hydrogen) atoms. The highest BCUT2D eigenvalue weighted by atomic mass is 32.2. The van der Waals surface area contributed by atoms with Crippen LogP contribution in [0.1, 0.15) is 84.5 Å². The van der Waals surface area contributed by atoms with Crippen LogP contribution in [0.25, 0.3) is 21.8 Å². The maximum Gasteiger partial charge on any atom is 0.301 e. The Morgan fingerprint density at radius 2 is 1.04 bits per heavy atom. The summed E-state index contributed by atoms with van der Waals surface area (Å²) in [6, 6.07) is 18.6. The van der Waals surface area contributed by atoms with Crippen molar-refractivity contribution < 1.29 is 44.7 Å². The zero-order valence-corrected chi connectivity index (χ0v) is 43.3. The van der Waals surface area contributed by atoms with Gasteiger partial charge >= 0.3 is 20.4 Å². The Kier molecular flexibility index (Phi) is 14.6. The molecule has 6 aromatic rings. The van der Waals surface area contributed by atoms with Gasteiger partial charge in [0.2, 0.25) is 0 Å². The van der Waals surface area contributed by atoms with Crippen molar-refractivity contribution in [1.82, 2.24) is 29.2 Å². The molecule has 2 aliphatic rings. The van der Waals surface area contributed by atoms with E-state index < -0.39 is 34.6 Å². The van der Waals surface area contributed by atoms with E-state index in [1.165, 1.54) is 67.9 Å². The maximum atomic E-state index is 14.2. The van der Waals surface area contributed by atoms with Gasteiger partial charge in [-0.15, -0.1) is 0 Å². The topological polar surface area (TPSA) is 195 Å². The number of nitrogens with zero attached hydrogens (tertiary/aromatic N) is 6. The van der Waals surface area contributed by atoms with Crippen LogP contribution in [0.2, 0.25) is 16.6 Å². The fourth-order valence-electron chi connectivity index (χ4n) is 9.99. The number of phenols is 1. The van der Waals surface area contributed by atoms with Gasteiger partial charge in [-0.3, -0.25) is 28.2 Å². The molecule has 0 saturated heterocycles. The highest BCUT2D eigenvalue weighted by Gasteiger charge is 2.49. The number of carbonyl (C=O) groups is 2. The van der Waals surface area contributed by atoms with Crippen LogP contribution in [0.15, 0.2) is 85.2 Å². The Balaban J connectivity index is 0.000000215. The SMILES string of the molecule is CNS(=O)(=O)N(C)c1c2c(c(O)c3ncccc13)C(=O)N(Cc1ccc(F)cc1)C2.CNS(=O)(=O)N(C)c1c2c(c(O[Si](C(C)C)(C(C)C)C(C)C)c3ncccc13)C(=O)N(Cc1ccc(F)cc1)C2. The normalized spacial score (nSPS) is 13.9. The van der Waals surface area contributed by atoms with E-state index in [2.05, 4.69) is 61.0 Å². The van der Waals surface area contributed by atoms with Crippen LogP contribution in [-0.4, -0.2) is 90.0 Å². The van der Waals surface area contributed by atoms with Crippen LogP contribution in [-0.2, 0) is 46.6 Å². The number of carbonyl (C=O) groups excluding carboxylic acids is 2. The van der Waals surface area contributed by atoms with E-state index >= 15 is 0 Å².